The number of benzene rings is 1. The van der Waals surface area contributed by atoms with Crippen molar-refractivity contribution < 1.29 is 13.9 Å². The Morgan fingerprint density at radius 2 is 2.22 bits per heavy atom. The van der Waals surface area contributed by atoms with Crippen molar-refractivity contribution in [1.82, 2.24) is 9.88 Å². The van der Waals surface area contributed by atoms with E-state index >= 15 is 0 Å². The van der Waals surface area contributed by atoms with E-state index in [0.717, 1.165) is 21.1 Å². The predicted octanol–water partition coefficient (Wildman–Crippen LogP) is 3.81. The maximum absolute atomic E-state index is 12.8. The molecule has 0 fully saturated rings. The van der Waals surface area contributed by atoms with E-state index < -0.39 is 0 Å². The van der Waals surface area contributed by atoms with Crippen molar-refractivity contribution in [2.45, 2.75) is 6.54 Å². The zero-order chi connectivity index (χ0) is 16.2. The first-order valence-corrected chi connectivity index (χ1v) is 8.05. The lowest BCUT2D eigenvalue weighted by molar-refractivity contribution is 0.0661. The van der Waals surface area contributed by atoms with Gasteiger partial charge < -0.3 is 19.0 Å². The number of carbonyl (C=O) groups excluding carboxylic acids is 1. The summed E-state index contributed by atoms with van der Waals surface area (Å²) in [6.07, 6.45) is 1.61. The number of aromatic amines is 1. The van der Waals surface area contributed by atoms with Crippen molar-refractivity contribution in [1.29, 1.82) is 0 Å². The van der Waals surface area contributed by atoms with Crippen LogP contribution in [0.5, 0.6) is 0 Å². The van der Waals surface area contributed by atoms with Gasteiger partial charge in [0.2, 0.25) is 0 Å². The molecule has 1 N–H and O–H groups in total. The molecule has 0 saturated heterocycles. The molecule has 0 unspecified atom stereocenters. The van der Waals surface area contributed by atoms with Crippen LogP contribution in [0.25, 0.3) is 10.9 Å². The van der Waals surface area contributed by atoms with Crippen molar-refractivity contribution in [2.75, 3.05) is 20.3 Å². The zero-order valence-corrected chi connectivity index (χ0v) is 14.3. The maximum Gasteiger partial charge on any atom is 0.270 e. The molecule has 0 atom stereocenters. The third-order valence-corrected chi connectivity index (χ3v) is 4.09. The van der Waals surface area contributed by atoms with E-state index in [-0.39, 0.29) is 5.91 Å². The minimum atomic E-state index is -0.0780. The lowest BCUT2D eigenvalue weighted by Crippen LogP contribution is -2.33. The number of rotatable bonds is 6. The van der Waals surface area contributed by atoms with Gasteiger partial charge in [0, 0.05) is 29.0 Å². The van der Waals surface area contributed by atoms with Gasteiger partial charge in [-0.3, -0.25) is 4.79 Å². The largest absolute Gasteiger partial charge is 0.467 e. The number of halogens is 1. The molecule has 23 heavy (non-hydrogen) atoms. The summed E-state index contributed by atoms with van der Waals surface area (Å²) in [5.41, 5.74) is 1.48. The number of fused-ring (bicyclic) bond motifs is 1. The highest BCUT2D eigenvalue weighted by molar-refractivity contribution is 9.10. The fourth-order valence-corrected chi connectivity index (χ4v) is 2.79. The van der Waals surface area contributed by atoms with Crippen molar-refractivity contribution >= 4 is 32.7 Å². The first-order valence-electron chi connectivity index (χ1n) is 7.26. The summed E-state index contributed by atoms with van der Waals surface area (Å²) in [6.45, 7) is 1.38. The van der Waals surface area contributed by atoms with E-state index in [1.54, 1.807) is 18.3 Å². The number of hydrogen-bond acceptors (Lipinski definition) is 3. The van der Waals surface area contributed by atoms with Crippen molar-refractivity contribution in [2.24, 2.45) is 0 Å². The molecule has 0 aliphatic rings. The second-order valence-electron chi connectivity index (χ2n) is 5.21. The number of furan rings is 1. The third kappa shape index (κ3) is 3.65. The highest BCUT2D eigenvalue weighted by atomic mass is 79.9. The topological polar surface area (TPSA) is 58.5 Å². The molecule has 3 rings (SSSR count). The smallest absolute Gasteiger partial charge is 0.270 e. The lowest BCUT2D eigenvalue weighted by Gasteiger charge is -2.20. The Morgan fingerprint density at radius 3 is 2.96 bits per heavy atom. The number of aromatic nitrogens is 1. The Bertz CT molecular complexity index is 795. The van der Waals surface area contributed by atoms with Crippen LogP contribution >= 0.6 is 15.9 Å². The number of nitrogens with one attached hydrogen (secondary N) is 1. The van der Waals surface area contributed by atoms with Gasteiger partial charge in [0.1, 0.15) is 11.5 Å². The van der Waals surface area contributed by atoms with E-state index in [2.05, 4.69) is 20.9 Å². The van der Waals surface area contributed by atoms with Gasteiger partial charge >= 0.3 is 0 Å². The molecule has 6 heteroatoms. The monoisotopic (exact) mass is 376 g/mol. The summed E-state index contributed by atoms with van der Waals surface area (Å²) in [7, 11) is 1.62. The highest BCUT2D eigenvalue weighted by Crippen LogP contribution is 2.21. The fraction of sp³-hybridized carbons (Fsp3) is 0.235. The van der Waals surface area contributed by atoms with Gasteiger partial charge in [0.25, 0.3) is 5.91 Å². The molecule has 0 aliphatic carbocycles. The normalized spacial score (nSPS) is 11.0. The van der Waals surface area contributed by atoms with E-state index in [1.807, 2.05) is 36.4 Å². The van der Waals surface area contributed by atoms with Crippen LogP contribution in [0.3, 0.4) is 0 Å². The molecule has 0 saturated carbocycles. The van der Waals surface area contributed by atoms with Gasteiger partial charge in [0.15, 0.2) is 0 Å². The second-order valence-corrected chi connectivity index (χ2v) is 6.13. The van der Waals surface area contributed by atoms with Crippen LogP contribution in [0.2, 0.25) is 0 Å². The van der Waals surface area contributed by atoms with E-state index in [1.165, 1.54) is 0 Å². The van der Waals surface area contributed by atoms with Crippen LogP contribution in [-0.2, 0) is 11.3 Å². The molecule has 0 radical (unpaired) electrons. The number of hydrogen-bond donors (Lipinski definition) is 1. The Morgan fingerprint density at radius 1 is 1.35 bits per heavy atom. The lowest BCUT2D eigenvalue weighted by atomic mass is 10.2. The van der Waals surface area contributed by atoms with Gasteiger partial charge in [-0.05, 0) is 30.3 Å². The maximum atomic E-state index is 12.8. The quantitative estimate of drug-likeness (QED) is 0.711. The van der Waals surface area contributed by atoms with E-state index in [4.69, 9.17) is 9.15 Å². The van der Waals surface area contributed by atoms with Crippen LogP contribution in [0, 0.1) is 0 Å². The average Bonchev–Trinajstić information content (AvgIpc) is 3.19. The Kier molecular flexibility index (Phi) is 4.83. The predicted molar refractivity (Wildman–Crippen MR) is 91.3 cm³/mol. The minimum Gasteiger partial charge on any atom is -0.467 e. The molecular weight excluding hydrogens is 360 g/mol. The van der Waals surface area contributed by atoms with Crippen molar-refractivity contribution in [3.8, 4) is 0 Å². The molecule has 2 aromatic heterocycles. The van der Waals surface area contributed by atoms with Gasteiger partial charge in [-0.1, -0.05) is 22.0 Å². The van der Waals surface area contributed by atoms with Crippen molar-refractivity contribution in [3.05, 3.63) is 58.6 Å². The summed E-state index contributed by atoms with van der Waals surface area (Å²) < 4.78 is 11.4. The molecular formula is C17H17BrN2O3. The number of H-pyrrole nitrogens is 1. The molecule has 120 valence electrons. The summed E-state index contributed by atoms with van der Waals surface area (Å²) >= 11 is 3.44. The van der Waals surface area contributed by atoms with Crippen LogP contribution in [0.15, 0.2) is 51.6 Å². The molecule has 0 aliphatic heterocycles. The van der Waals surface area contributed by atoms with Crippen LogP contribution < -0.4 is 0 Å². The van der Waals surface area contributed by atoms with Gasteiger partial charge in [-0.2, -0.15) is 0 Å². The number of carbonyl (C=O) groups is 1. The summed E-state index contributed by atoms with van der Waals surface area (Å²) in [6, 6.07) is 11.4. The Balaban J connectivity index is 1.85. The van der Waals surface area contributed by atoms with Crippen molar-refractivity contribution in [3.63, 3.8) is 0 Å². The van der Waals surface area contributed by atoms with Gasteiger partial charge in [-0.15, -0.1) is 0 Å². The average molecular weight is 377 g/mol. The molecule has 0 bridgehead atoms. The van der Waals surface area contributed by atoms with E-state index in [0.29, 0.717) is 25.4 Å². The molecule has 5 nitrogen and oxygen atoms in total. The number of ether oxygens (including phenoxy) is 1. The summed E-state index contributed by atoms with van der Waals surface area (Å²) in [4.78, 5) is 17.7. The van der Waals surface area contributed by atoms with E-state index in [9.17, 15) is 4.79 Å². The number of methoxy groups -OCH3 is 1. The SMILES string of the molecule is COCCN(Cc1ccco1)C(=O)c1cc2ccc(Br)cc2[nH]1. The zero-order valence-electron chi connectivity index (χ0n) is 12.7. The van der Waals surface area contributed by atoms with Crippen LogP contribution in [0.1, 0.15) is 16.2 Å². The Hall–Kier alpha value is -2.05. The second kappa shape index (κ2) is 7.02. The molecule has 3 aromatic rings. The Labute approximate surface area is 142 Å². The molecule has 1 amide bonds. The van der Waals surface area contributed by atoms with Crippen LogP contribution in [-0.4, -0.2) is 36.1 Å². The van der Waals surface area contributed by atoms with Crippen LogP contribution in [0.4, 0.5) is 0 Å². The first-order chi connectivity index (χ1) is 11.2. The highest BCUT2D eigenvalue weighted by Gasteiger charge is 2.19. The first kappa shape index (κ1) is 15.8. The minimum absolute atomic E-state index is 0.0780. The summed E-state index contributed by atoms with van der Waals surface area (Å²) in [5.74, 6) is 0.666. The summed E-state index contributed by atoms with van der Waals surface area (Å²) in [5, 5.41) is 1.00. The number of nitrogens with zero attached hydrogens (tertiary/aromatic N) is 1. The standard InChI is InChI=1S/C17H17BrN2O3/c1-22-8-6-20(11-14-3-2-7-23-14)17(21)16-9-12-4-5-13(18)10-15(12)19-16/h2-5,7,9-10,19H,6,8,11H2,1H3. The third-order valence-electron chi connectivity index (χ3n) is 3.59. The fourth-order valence-electron chi connectivity index (χ4n) is 2.43. The number of amides is 1. The molecule has 1 aromatic carbocycles. The van der Waals surface area contributed by atoms with Gasteiger partial charge in [0.05, 0.1) is 19.4 Å². The van der Waals surface area contributed by atoms with Gasteiger partial charge in [-0.25, -0.2) is 0 Å². The molecule has 0 spiro atoms. The molecule has 2 heterocycles.